The maximum atomic E-state index is 9.84. The van der Waals surface area contributed by atoms with Crippen LogP contribution in [0.2, 0.25) is 0 Å². The summed E-state index contributed by atoms with van der Waals surface area (Å²) in [6.07, 6.45) is 11.2. The highest BCUT2D eigenvalue weighted by Crippen LogP contribution is 2.60. The largest absolute Gasteiger partial charge is 0.396 e. The molecule has 6 atom stereocenters. The number of fused-ring (bicyclic) bond motifs is 3. The van der Waals surface area contributed by atoms with Crippen LogP contribution in [0.1, 0.15) is 79.1 Å². The monoisotopic (exact) mass is 292 g/mol. The standard InChI is InChI=1S/C20H36O/c1-14-6-5-10-20(4)11-9-17-15(13-21)7-8-16(12-18(14)20)19(17,2)3/h14-18,21H,5-13H2,1-4H3/t14-,15+,16+,17+,18-,20+/m1/s1. The smallest absolute Gasteiger partial charge is 0.0462 e. The molecule has 3 aliphatic rings. The third-order valence-electron chi connectivity index (χ3n) is 8.25. The lowest BCUT2D eigenvalue weighted by Gasteiger charge is -2.57. The number of aliphatic hydroxyl groups is 1. The van der Waals surface area contributed by atoms with Crippen molar-refractivity contribution < 1.29 is 5.11 Å². The SMILES string of the molecule is C[C@@H]1CCC[C@@]2(C)CC[C@H]3[C@H](CO)CC[C@@H](C[C@H]12)C3(C)C. The fourth-order valence-corrected chi connectivity index (χ4v) is 6.67. The summed E-state index contributed by atoms with van der Waals surface area (Å²) in [5.41, 5.74) is 1.02. The van der Waals surface area contributed by atoms with Crippen molar-refractivity contribution in [3.63, 3.8) is 0 Å². The van der Waals surface area contributed by atoms with E-state index in [0.29, 0.717) is 23.4 Å². The minimum absolute atomic E-state index is 0.414. The highest BCUT2D eigenvalue weighted by molar-refractivity contribution is 5.01. The van der Waals surface area contributed by atoms with E-state index in [1.54, 1.807) is 0 Å². The van der Waals surface area contributed by atoms with Crippen LogP contribution in [-0.2, 0) is 0 Å². The Balaban J connectivity index is 1.90. The van der Waals surface area contributed by atoms with Crippen LogP contribution in [0.5, 0.6) is 0 Å². The zero-order valence-electron chi connectivity index (χ0n) is 14.7. The molecule has 1 nitrogen and oxygen atoms in total. The van der Waals surface area contributed by atoms with Crippen molar-refractivity contribution in [3.8, 4) is 0 Å². The molecule has 0 radical (unpaired) electrons. The van der Waals surface area contributed by atoms with Crippen LogP contribution >= 0.6 is 0 Å². The van der Waals surface area contributed by atoms with Gasteiger partial charge in [0.05, 0.1) is 0 Å². The quantitative estimate of drug-likeness (QED) is 0.697. The van der Waals surface area contributed by atoms with Crippen molar-refractivity contribution in [2.45, 2.75) is 79.1 Å². The van der Waals surface area contributed by atoms with Gasteiger partial charge in [-0.3, -0.25) is 0 Å². The molecule has 1 N–H and O–H groups in total. The summed E-state index contributed by atoms with van der Waals surface area (Å²) < 4.78 is 0. The second kappa shape index (κ2) is 5.55. The molecular weight excluding hydrogens is 256 g/mol. The van der Waals surface area contributed by atoms with Gasteiger partial charge in [0.15, 0.2) is 0 Å². The first-order valence-corrected chi connectivity index (χ1v) is 9.49. The first-order chi connectivity index (χ1) is 9.88. The highest BCUT2D eigenvalue weighted by Gasteiger charge is 2.51. The van der Waals surface area contributed by atoms with E-state index in [0.717, 1.165) is 23.7 Å². The van der Waals surface area contributed by atoms with Crippen LogP contribution in [0.25, 0.3) is 0 Å². The maximum Gasteiger partial charge on any atom is 0.0462 e. The molecule has 0 unspecified atom stereocenters. The van der Waals surface area contributed by atoms with E-state index in [1.807, 2.05) is 0 Å². The molecule has 21 heavy (non-hydrogen) atoms. The molecule has 0 aromatic rings. The topological polar surface area (TPSA) is 20.2 Å². The second-order valence-electron chi connectivity index (χ2n) is 9.55. The lowest BCUT2D eigenvalue weighted by molar-refractivity contribution is -0.0812. The molecule has 3 rings (SSSR count). The Hall–Kier alpha value is -0.0400. The van der Waals surface area contributed by atoms with Gasteiger partial charge in [0.1, 0.15) is 0 Å². The third kappa shape index (κ3) is 2.58. The van der Waals surface area contributed by atoms with Crippen LogP contribution in [0.3, 0.4) is 0 Å². The number of rotatable bonds is 1. The summed E-state index contributed by atoms with van der Waals surface area (Å²) >= 11 is 0. The second-order valence-corrected chi connectivity index (χ2v) is 9.55. The summed E-state index contributed by atoms with van der Waals surface area (Å²) in [6, 6.07) is 0. The molecule has 3 fully saturated rings. The average Bonchev–Trinajstić information content (AvgIpc) is 2.42. The van der Waals surface area contributed by atoms with Crippen LogP contribution in [0.15, 0.2) is 0 Å². The number of hydrogen-bond acceptors (Lipinski definition) is 1. The summed E-state index contributed by atoms with van der Waals surface area (Å²) in [6.45, 7) is 10.6. The van der Waals surface area contributed by atoms with Crippen molar-refractivity contribution in [1.82, 2.24) is 0 Å². The zero-order valence-corrected chi connectivity index (χ0v) is 14.7. The van der Waals surface area contributed by atoms with Crippen molar-refractivity contribution in [3.05, 3.63) is 0 Å². The van der Waals surface area contributed by atoms with Gasteiger partial charge in [0.2, 0.25) is 0 Å². The van der Waals surface area contributed by atoms with Crippen molar-refractivity contribution in [2.24, 2.45) is 40.4 Å². The van der Waals surface area contributed by atoms with E-state index in [1.165, 1.54) is 51.4 Å². The number of hydrogen-bond donors (Lipinski definition) is 1. The Bertz CT molecular complexity index is 374. The van der Waals surface area contributed by atoms with Gasteiger partial charge in [-0.15, -0.1) is 0 Å². The van der Waals surface area contributed by atoms with Crippen LogP contribution in [-0.4, -0.2) is 11.7 Å². The summed E-state index contributed by atoms with van der Waals surface area (Å²) in [5.74, 6) is 4.07. The van der Waals surface area contributed by atoms with E-state index in [9.17, 15) is 5.11 Å². The van der Waals surface area contributed by atoms with Gasteiger partial charge < -0.3 is 5.11 Å². The first-order valence-electron chi connectivity index (χ1n) is 9.49. The Kier molecular flexibility index (Phi) is 4.19. The van der Waals surface area contributed by atoms with E-state index < -0.39 is 0 Å². The Morgan fingerprint density at radius 1 is 0.952 bits per heavy atom. The fraction of sp³-hybridized carbons (Fsp3) is 1.00. The Morgan fingerprint density at radius 3 is 2.43 bits per heavy atom. The summed E-state index contributed by atoms with van der Waals surface area (Å²) in [7, 11) is 0. The molecular formula is C20H36O. The van der Waals surface area contributed by atoms with Crippen molar-refractivity contribution in [2.75, 3.05) is 6.61 Å². The van der Waals surface area contributed by atoms with E-state index >= 15 is 0 Å². The molecule has 0 spiro atoms. The normalized spacial score (nSPS) is 49.9. The lowest BCUT2D eigenvalue weighted by Crippen LogP contribution is -2.49. The maximum absolute atomic E-state index is 9.84. The van der Waals surface area contributed by atoms with E-state index in [2.05, 4.69) is 27.7 Å². The zero-order chi connectivity index (χ0) is 15.3. The minimum Gasteiger partial charge on any atom is -0.396 e. The van der Waals surface area contributed by atoms with Crippen molar-refractivity contribution >= 4 is 0 Å². The minimum atomic E-state index is 0.414. The third-order valence-corrected chi connectivity index (χ3v) is 8.25. The van der Waals surface area contributed by atoms with E-state index in [4.69, 9.17) is 0 Å². The molecule has 0 aromatic carbocycles. The predicted molar refractivity (Wildman–Crippen MR) is 89.0 cm³/mol. The lowest BCUT2D eigenvalue weighted by atomic mass is 9.48. The fourth-order valence-electron chi connectivity index (χ4n) is 6.67. The molecule has 0 amide bonds. The molecule has 3 aliphatic carbocycles. The molecule has 0 aromatic heterocycles. The van der Waals surface area contributed by atoms with E-state index in [-0.39, 0.29) is 0 Å². The first kappa shape index (κ1) is 15.8. The molecule has 3 saturated carbocycles. The van der Waals surface area contributed by atoms with Gasteiger partial charge in [0.25, 0.3) is 0 Å². The average molecular weight is 293 g/mol. The molecule has 0 saturated heterocycles. The molecule has 0 aliphatic heterocycles. The molecule has 0 heterocycles. The van der Waals surface area contributed by atoms with Gasteiger partial charge in [-0.1, -0.05) is 40.5 Å². The molecule has 2 bridgehead atoms. The van der Waals surface area contributed by atoms with Crippen molar-refractivity contribution in [1.29, 1.82) is 0 Å². The predicted octanol–water partition coefficient (Wildman–Crippen LogP) is 5.27. The van der Waals surface area contributed by atoms with Crippen LogP contribution in [0, 0.1) is 40.4 Å². The van der Waals surface area contributed by atoms with Gasteiger partial charge in [-0.2, -0.15) is 0 Å². The van der Waals surface area contributed by atoms with Gasteiger partial charge in [-0.05, 0) is 78.9 Å². The van der Waals surface area contributed by atoms with Crippen LogP contribution < -0.4 is 0 Å². The Labute approximate surface area is 131 Å². The summed E-state index contributed by atoms with van der Waals surface area (Å²) in [5, 5.41) is 9.84. The molecule has 1 heteroatoms. The van der Waals surface area contributed by atoms with Gasteiger partial charge in [0, 0.05) is 6.61 Å². The van der Waals surface area contributed by atoms with Gasteiger partial charge >= 0.3 is 0 Å². The van der Waals surface area contributed by atoms with Gasteiger partial charge in [-0.25, -0.2) is 0 Å². The Morgan fingerprint density at radius 2 is 1.71 bits per heavy atom. The summed E-state index contributed by atoms with van der Waals surface area (Å²) in [4.78, 5) is 0. The number of aliphatic hydroxyl groups excluding tert-OH is 1. The van der Waals surface area contributed by atoms with Crippen LogP contribution in [0.4, 0.5) is 0 Å². The molecule has 122 valence electrons. The highest BCUT2D eigenvalue weighted by atomic mass is 16.3.